The van der Waals surface area contributed by atoms with Gasteiger partial charge >= 0.3 is 0 Å². The van der Waals surface area contributed by atoms with E-state index in [1.165, 1.54) is 0 Å². The maximum atomic E-state index is 3.86. The van der Waals surface area contributed by atoms with Crippen LogP contribution in [0.2, 0.25) is 0 Å². The van der Waals surface area contributed by atoms with Crippen LogP contribution in [0.5, 0.6) is 0 Å². The molecule has 2 nitrogen and oxygen atoms in total. The third-order valence-electron chi connectivity index (χ3n) is 6.76. The van der Waals surface area contributed by atoms with Gasteiger partial charge in [0.2, 0.25) is 0 Å². The van der Waals surface area contributed by atoms with Crippen LogP contribution in [0.25, 0.3) is 11.1 Å². The second kappa shape index (κ2) is 12.0. The zero-order chi connectivity index (χ0) is 27.3. The van der Waals surface area contributed by atoms with Gasteiger partial charge in [-0.15, -0.1) is 0 Å². The molecule has 0 amide bonds. The largest absolute Gasteiger partial charge is 0.310 e. The zero-order valence-electron chi connectivity index (χ0n) is 21.7. The number of nitrogens with zero attached hydrogens (tertiary/aromatic N) is 2. The maximum Gasteiger partial charge on any atom is 0.0468 e. The van der Waals surface area contributed by atoms with Gasteiger partial charge in [-0.25, -0.2) is 0 Å². The Bertz CT molecular complexity index is 1500. The van der Waals surface area contributed by atoms with Crippen molar-refractivity contribution < 1.29 is 0 Å². The number of benzene rings is 6. The molecule has 0 N–H and O–H groups in total. The first-order valence-corrected chi connectivity index (χ1v) is 14.7. The summed E-state index contributed by atoms with van der Waals surface area (Å²) in [5, 5.41) is 0. The van der Waals surface area contributed by atoms with Crippen LogP contribution in [0, 0.1) is 0 Å². The second-order valence-electron chi connectivity index (χ2n) is 9.34. The minimum absolute atomic E-state index is 1.03. The molecular weight excluding hydrogens is 620 g/mol. The van der Waals surface area contributed by atoms with Gasteiger partial charge in [-0.1, -0.05) is 105 Å². The van der Waals surface area contributed by atoms with Crippen molar-refractivity contribution in [1.82, 2.24) is 0 Å². The first-order valence-electron chi connectivity index (χ1n) is 13.1. The van der Waals surface area contributed by atoms with Crippen molar-refractivity contribution in [3.8, 4) is 11.1 Å². The average molecular weight is 646 g/mol. The molecule has 0 aliphatic rings. The Morgan fingerprint density at radius 3 is 0.850 bits per heavy atom. The van der Waals surface area contributed by atoms with Crippen LogP contribution in [0.4, 0.5) is 34.1 Å². The summed E-state index contributed by atoms with van der Waals surface area (Å²) in [6.45, 7) is 0. The predicted octanol–water partition coefficient (Wildman–Crippen LogP) is 11.8. The highest BCUT2D eigenvalue weighted by Gasteiger charge is 2.18. The minimum atomic E-state index is 1.03. The molecule has 0 aliphatic carbocycles. The average Bonchev–Trinajstić information content (AvgIpc) is 3.01. The van der Waals surface area contributed by atoms with Gasteiger partial charge in [-0.2, -0.15) is 0 Å². The van der Waals surface area contributed by atoms with Gasteiger partial charge in [0.15, 0.2) is 0 Å². The maximum absolute atomic E-state index is 3.86. The molecule has 0 unspecified atom stereocenters. The van der Waals surface area contributed by atoms with Crippen molar-refractivity contribution >= 4 is 66.0 Å². The zero-order valence-corrected chi connectivity index (χ0v) is 24.8. The first kappa shape index (κ1) is 26.1. The minimum Gasteiger partial charge on any atom is -0.310 e. The van der Waals surface area contributed by atoms with Gasteiger partial charge in [0, 0.05) is 43.1 Å². The van der Waals surface area contributed by atoms with Gasteiger partial charge in [-0.3, -0.25) is 0 Å². The molecule has 0 atom stereocenters. The lowest BCUT2D eigenvalue weighted by Crippen LogP contribution is -2.10. The van der Waals surface area contributed by atoms with E-state index >= 15 is 0 Å². The van der Waals surface area contributed by atoms with Gasteiger partial charge < -0.3 is 9.80 Å². The van der Waals surface area contributed by atoms with E-state index < -0.39 is 0 Å². The van der Waals surface area contributed by atoms with Crippen LogP contribution in [-0.2, 0) is 0 Å². The van der Waals surface area contributed by atoms with Crippen molar-refractivity contribution in [2.45, 2.75) is 0 Å². The topological polar surface area (TPSA) is 6.48 Å². The fourth-order valence-electron chi connectivity index (χ4n) is 4.92. The summed E-state index contributed by atoms with van der Waals surface area (Å²) in [7, 11) is 0. The lowest BCUT2D eigenvalue weighted by molar-refractivity contribution is 1.27. The number of para-hydroxylation sites is 4. The fraction of sp³-hybridized carbons (Fsp3) is 0. The highest BCUT2D eigenvalue weighted by molar-refractivity contribution is 9.11. The van der Waals surface area contributed by atoms with E-state index in [2.05, 4.69) is 175 Å². The summed E-state index contributed by atoms with van der Waals surface area (Å²) >= 11 is 7.72. The van der Waals surface area contributed by atoms with Gasteiger partial charge in [0.1, 0.15) is 0 Å². The van der Waals surface area contributed by atoms with Gasteiger partial charge in [0.25, 0.3) is 0 Å². The molecule has 6 aromatic rings. The number of hydrogen-bond acceptors (Lipinski definition) is 2. The van der Waals surface area contributed by atoms with Crippen LogP contribution in [0.3, 0.4) is 0 Å². The Hall–Kier alpha value is -4.12. The van der Waals surface area contributed by atoms with Gasteiger partial charge in [0.05, 0.1) is 0 Å². The van der Waals surface area contributed by atoms with Crippen LogP contribution < -0.4 is 9.80 Å². The Kier molecular flexibility index (Phi) is 7.80. The van der Waals surface area contributed by atoms with E-state index in [9.17, 15) is 0 Å². The molecule has 0 heterocycles. The molecule has 40 heavy (non-hydrogen) atoms. The number of anilines is 6. The summed E-state index contributed by atoms with van der Waals surface area (Å²) in [5.41, 5.74) is 8.78. The first-order chi connectivity index (χ1) is 19.7. The van der Waals surface area contributed by atoms with E-state index in [1.807, 2.05) is 24.3 Å². The van der Waals surface area contributed by atoms with Crippen molar-refractivity contribution in [1.29, 1.82) is 0 Å². The molecule has 6 rings (SSSR count). The van der Waals surface area contributed by atoms with Crippen molar-refractivity contribution in [3.63, 3.8) is 0 Å². The lowest BCUT2D eigenvalue weighted by atomic mass is 10.0. The molecule has 0 radical (unpaired) electrons. The smallest absolute Gasteiger partial charge is 0.0468 e. The molecule has 0 fully saturated rings. The summed E-state index contributed by atoms with van der Waals surface area (Å²) in [6.07, 6.45) is 0. The summed E-state index contributed by atoms with van der Waals surface area (Å²) in [6, 6.07) is 55.0. The van der Waals surface area contributed by atoms with E-state index in [0.29, 0.717) is 0 Å². The molecule has 4 heteroatoms. The van der Waals surface area contributed by atoms with Crippen LogP contribution >= 0.6 is 31.9 Å². The van der Waals surface area contributed by atoms with Crippen molar-refractivity contribution in [2.24, 2.45) is 0 Å². The quantitative estimate of drug-likeness (QED) is 0.170. The highest BCUT2D eigenvalue weighted by Crippen LogP contribution is 2.43. The molecule has 0 spiro atoms. The van der Waals surface area contributed by atoms with Crippen molar-refractivity contribution in [3.05, 3.63) is 167 Å². The third kappa shape index (κ3) is 5.46. The Balaban J connectivity index is 1.49. The lowest BCUT2D eigenvalue weighted by Gasteiger charge is -2.27. The standard InChI is InChI=1S/C36H26Br2N2/c37-35-23-21-31(39(27-13-5-1-6-14-27)28-15-7-2-8-16-28)25-33(35)34-26-32(22-24-36(34)38)40(29-17-9-3-10-18-29)30-19-11-4-12-20-30/h1-26H. The van der Waals surface area contributed by atoms with E-state index in [4.69, 9.17) is 0 Å². The molecular formula is C36H26Br2N2. The second-order valence-corrected chi connectivity index (χ2v) is 11.0. The van der Waals surface area contributed by atoms with E-state index in [-0.39, 0.29) is 0 Å². The summed E-state index contributed by atoms with van der Waals surface area (Å²) in [4.78, 5) is 4.57. The van der Waals surface area contributed by atoms with Gasteiger partial charge in [-0.05, 0) is 96.1 Å². The molecule has 194 valence electrons. The summed E-state index contributed by atoms with van der Waals surface area (Å²) < 4.78 is 2.06. The SMILES string of the molecule is Brc1ccc(N(c2ccccc2)c2ccccc2)cc1-c1cc(N(c2ccccc2)c2ccccc2)ccc1Br. The number of halogens is 2. The molecule has 0 saturated carbocycles. The molecule has 0 aliphatic heterocycles. The highest BCUT2D eigenvalue weighted by atomic mass is 79.9. The van der Waals surface area contributed by atoms with Crippen LogP contribution in [0.1, 0.15) is 0 Å². The summed E-state index contributed by atoms with van der Waals surface area (Å²) in [5.74, 6) is 0. The van der Waals surface area contributed by atoms with Crippen LogP contribution in [-0.4, -0.2) is 0 Å². The molecule has 0 saturated heterocycles. The van der Waals surface area contributed by atoms with Crippen molar-refractivity contribution in [2.75, 3.05) is 9.80 Å². The Morgan fingerprint density at radius 1 is 0.300 bits per heavy atom. The third-order valence-corrected chi connectivity index (χ3v) is 8.15. The molecule has 6 aromatic carbocycles. The Labute approximate surface area is 252 Å². The van der Waals surface area contributed by atoms with E-state index in [0.717, 1.165) is 54.2 Å². The Morgan fingerprint density at radius 2 is 0.575 bits per heavy atom. The van der Waals surface area contributed by atoms with Crippen LogP contribution in [0.15, 0.2) is 167 Å². The fourth-order valence-corrected chi connectivity index (χ4v) is 5.84. The molecule has 0 aromatic heterocycles. The normalized spacial score (nSPS) is 10.8. The molecule has 0 bridgehead atoms. The monoisotopic (exact) mass is 644 g/mol. The van der Waals surface area contributed by atoms with E-state index in [1.54, 1.807) is 0 Å². The number of rotatable bonds is 7. The number of hydrogen-bond donors (Lipinski definition) is 0. The predicted molar refractivity (Wildman–Crippen MR) is 177 cm³/mol.